The number of hydrazine groups is 1. The molecule has 1 heterocycles. The Morgan fingerprint density at radius 3 is 2.80 bits per heavy atom. The van der Waals surface area contributed by atoms with Gasteiger partial charge < -0.3 is 9.26 Å². The lowest BCUT2D eigenvalue weighted by molar-refractivity contribution is -0.121. The van der Waals surface area contributed by atoms with Gasteiger partial charge in [0.2, 0.25) is 5.91 Å². The molecule has 0 atom stereocenters. The number of carbonyl (C=O) groups is 2. The van der Waals surface area contributed by atoms with Crippen LogP contribution in [-0.4, -0.2) is 24.1 Å². The summed E-state index contributed by atoms with van der Waals surface area (Å²) in [7, 11) is 1.44. The monoisotopic (exact) mass is 359 g/mol. The summed E-state index contributed by atoms with van der Waals surface area (Å²) in [6.07, 6.45) is -0.0377. The average molecular weight is 360 g/mol. The fourth-order valence-corrected chi connectivity index (χ4v) is 2.49. The summed E-state index contributed by atoms with van der Waals surface area (Å²) in [5.74, 6) is -0.634. The highest BCUT2D eigenvalue weighted by molar-refractivity contribution is 6.31. The van der Waals surface area contributed by atoms with Crippen molar-refractivity contribution in [1.82, 2.24) is 16.0 Å². The van der Waals surface area contributed by atoms with Gasteiger partial charge in [-0.25, -0.2) is 0 Å². The normalized spacial score (nSPS) is 10.5. The summed E-state index contributed by atoms with van der Waals surface area (Å²) in [5, 5.41) is 5.00. The molecule has 1 aromatic heterocycles. The van der Waals surface area contributed by atoms with Gasteiger partial charge in [-0.15, -0.1) is 0 Å². The molecule has 2 N–H and O–H groups in total. The Kier molecular flexibility index (Phi) is 4.85. The minimum atomic E-state index is -0.544. The van der Waals surface area contributed by atoms with Crippen LogP contribution in [0, 0.1) is 0 Å². The summed E-state index contributed by atoms with van der Waals surface area (Å²) < 4.78 is 10.2. The van der Waals surface area contributed by atoms with Gasteiger partial charge in [-0.2, -0.15) is 0 Å². The molecule has 0 spiro atoms. The van der Waals surface area contributed by atoms with E-state index in [2.05, 4.69) is 16.0 Å². The Labute approximate surface area is 147 Å². The number of rotatable bonds is 4. The second kappa shape index (κ2) is 7.23. The molecule has 0 saturated carbocycles. The van der Waals surface area contributed by atoms with E-state index >= 15 is 0 Å². The molecule has 3 rings (SSSR count). The number of nitrogens with one attached hydrogen (secondary N) is 2. The van der Waals surface area contributed by atoms with Gasteiger partial charge in [0.05, 0.1) is 19.1 Å². The Morgan fingerprint density at radius 1 is 1.20 bits per heavy atom. The molecule has 0 aliphatic carbocycles. The first-order valence-electron chi connectivity index (χ1n) is 7.34. The van der Waals surface area contributed by atoms with Crippen molar-refractivity contribution in [2.45, 2.75) is 6.42 Å². The number of halogens is 1. The van der Waals surface area contributed by atoms with Crippen LogP contribution in [0.4, 0.5) is 0 Å². The maximum absolute atomic E-state index is 12.2. The van der Waals surface area contributed by atoms with Crippen LogP contribution in [0.3, 0.4) is 0 Å². The summed E-state index contributed by atoms with van der Waals surface area (Å²) >= 11 is 5.89. The number of hydrogen-bond acceptors (Lipinski definition) is 5. The molecule has 0 saturated heterocycles. The van der Waals surface area contributed by atoms with Crippen molar-refractivity contribution in [1.29, 1.82) is 0 Å². The maximum atomic E-state index is 12.2. The summed E-state index contributed by atoms with van der Waals surface area (Å²) in [6.45, 7) is 0. The van der Waals surface area contributed by atoms with Crippen LogP contribution in [0.1, 0.15) is 16.1 Å². The van der Waals surface area contributed by atoms with Crippen molar-refractivity contribution in [3.8, 4) is 5.75 Å². The number of aromatic nitrogens is 1. The van der Waals surface area contributed by atoms with Crippen LogP contribution in [-0.2, 0) is 11.2 Å². The highest BCUT2D eigenvalue weighted by Crippen LogP contribution is 2.22. The average Bonchev–Trinajstić information content (AvgIpc) is 3.02. The number of amides is 2. The number of hydrogen-bond donors (Lipinski definition) is 2. The fourth-order valence-electron chi connectivity index (χ4n) is 2.31. The SMILES string of the molecule is COc1ccc(Cl)cc1C(=O)NNC(=O)Cc1noc2ccccc12. The van der Waals surface area contributed by atoms with Gasteiger partial charge in [0.15, 0.2) is 5.58 Å². The zero-order valence-corrected chi connectivity index (χ0v) is 14.0. The molecule has 2 amide bonds. The summed E-state index contributed by atoms with van der Waals surface area (Å²) in [5.41, 5.74) is 5.96. The standard InChI is InChI=1S/C17H14ClN3O4/c1-24-14-7-6-10(18)8-12(14)17(23)20-19-16(22)9-13-11-4-2-3-5-15(11)25-21-13/h2-8H,9H2,1H3,(H,19,22)(H,20,23). The van der Waals surface area contributed by atoms with Crippen molar-refractivity contribution >= 4 is 34.4 Å². The van der Waals surface area contributed by atoms with Crippen molar-refractivity contribution in [2.75, 3.05) is 7.11 Å². The first kappa shape index (κ1) is 16.8. The molecule has 8 heteroatoms. The van der Waals surface area contributed by atoms with Gasteiger partial charge in [-0.3, -0.25) is 20.4 Å². The van der Waals surface area contributed by atoms with Crippen molar-refractivity contribution in [2.24, 2.45) is 0 Å². The second-order valence-electron chi connectivity index (χ2n) is 5.15. The van der Waals surface area contributed by atoms with Crippen LogP contribution in [0.25, 0.3) is 11.0 Å². The Morgan fingerprint density at radius 2 is 2.00 bits per heavy atom. The molecule has 0 fully saturated rings. The third-order valence-corrected chi connectivity index (χ3v) is 3.74. The smallest absolute Gasteiger partial charge is 0.273 e. The van der Waals surface area contributed by atoms with E-state index in [1.54, 1.807) is 18.2 Å². The molecule has 7 nitrogen and oxygen atoms in total. The largest absolute Gasteiger partial charge is 0.496 e. The van der Waals surface area contributed by atoms with Crippen LogP contribution in [0.5, 0.6) is 5.75 Å². The highest BCUT2D eigenvalue weighted by Gasteiger charge is 2.15. The Balaban J connectivity index is 1.64. The van der Waals surface area contributed by atoms with E-state index in [1.807, 2.05) is 18.2 Å². The predicted octanol–water partition coefficient (Wildman–Crippen LogP) is 2.49. The van der Waals surface area contributed by atoms with Crippen LogP contribution in [0.2, 0.25) is 5.02 Å². The number of carbonyl (C=O) groups excluding carboxylic acids is 2. The molecule has 0 radical (unpaired) electrons. The first-order valence-corrected chi connectivity index (χ1v) is 7.72. The van der Waals surface area contributed by atoms with Gasteiger partial charge in [0.1, 0.15) is 11.4 Å². The molecule has 0 aliphatic heterocycles. The minimum absolute atomic E-state index is 0.0377. The molecule has 3 aromatic rings. The summed E-state index contributed by atoms with van der Waals surface area (Å²) in [6, 6.07) is 11.8. The molecule has 0 unspecified atom stereocenters. The topological polar surface area (TPSA) is 93.5 Å². The van der Waals surface area contributed by atoms with Crippen molar-refractivity contribution < 1.29 is 18.8 Å². The van der Waals surface area contributed by atoms with Gasteiger partial charge in [0.25, 0.3) is 5.91 Å². The van der Waals surface area contributed by atoms with Crippen molar-refractivity contribution in [3.63, 3.8) is 0 Å². The molecular formula is C17H14ClN3O4. The number of ether oxygens (including phenoxy) is 1. The molecule has 0 bridgehead atoms. The van der Waals surface area contributed by atoms with Crippen LogP contribution < -0.4 is 15.6 Å². The molecule has 25 heavy (non-hydrogen) atoms. The maximum Gasteiger partial charge on any atom is 0.273 e. The number of methoxy groups -OCH3 is 1. The van der Waals surface area contributed by atoms with E-state index < -0.39 is 11.8 Å². The van der Waals surface area contributed by atoms with E-state index in [4.69, 9.17) is 20.9 Å². The van der Waals surface area contributed by atoms with Gasteiger partial charge >= 0.3 is 0 Å². The Bertz CT molecular complexity index is 939. The quantitative estimate of drug-likeness (QED) is 0.698. The number of para-hydroxylation sites is 1. The zero-order valence-electron chi connectivity index (χ0n) is 13.2. The lowest BCUT2D eigenvalue weighted by Gasteiger charge is -2.10. The Hall–Kier alpha value is -3.06. The van der Waals surface area contributed by atoms with E-state index in [9.17, 15) is 9.59 Å². The predicted molar refractivity (Wildman–Crippen MR) is 91.3 cm³/mol. The van der Waals surface area contributed by atoms with Crippen LogP contribution >= 0.6 is 11.6 Å². The van der Waals surface area contributed by atoms with Crippen LogP contribution in [0.15, 0.2) is 47.0 Å². The molecule has 0 aliphatic rings. The van der Waals surface area contributed by atoms with E-state index in [0.29, 0.717) is 22.0 Å². The first-order chi connectivity index (χ1) is 12.1. The molecule has 128 valence electrons. The zero-order chi connectivity index (χ0) is 17.8. The second-order valence-corrected chi connectivity index (χ2v) is 5.59. The third-order valence-electron chi connectivity index (χ3n) is 3.50. The molecular weight excluding hydrogens is 346 g/mol. The highest BCUT2D eigenvalue weighted by atomic mass is 35.5. The van der Waals surface area contributed by atoms with Crippen molar-refractivity contribution in [3.05, 3.63) is 58.7 Å². The minimum Gasteiger partial charge on any atom is -0.496 e. The third kappa shape index (κ3) is 3.72. The lowest BCUT2D eigenvalue weighted by atomic mass is 10.2. The lowest BCUT2D eigenvalue weighted by Crippen LogP contribution is -2.42. The van der Waals surface area contributed by atoms with Gasteiger partial charge in [0, 0.05) is 10.4 Å². The van der Waals surface area contributed by atoms with E-state index in [-0.39, 0.29) is 12.0 Å². The van der Waals surface area contributed by atoms with Gasteiger partial charge in [-0.05, 0) is 30.3 Å². The van der Waals surface area contributed by atoms with Gasteiger partial charge in [-0.1, -0.05) is 28.9 Å². The number of nitrogens with zero attached hydrogens (tertiary/aromatic N) is 1. The number of fused-ring (bicyclic) bond motifs is 1. The number of benzene rings is 2. The summed E-state index contributed by atoms with van der Waals surface area (Å²) in [4.78, 5) is 24.2. The molecule has 2 aromatic carbocycles. The van der Waals surface area contributed by atoms with E-state index in [0.717, 1.165) is 5.39 Å². The fraction of sp³-hybridized carbons (Fsp3) is 0.118. The van der Waals surface area contributed by atoms with E-state index in [1.165, 1.54) is 13.2 Å².